The molecule has 1 aliphatic carbocycles. The molecule has 2 atom stereocenters. The third kappa shape index (κ3) is 2.52. The summed E-state index contributed by atoms with van der Waals surface area (Å²) in [6.07, 6.45) is 7.80. The monoisotopic (exact) mass is 302 g/mol. The Balaban J connectivity index is 2.02. The molecule has 7 heteroatoms. The van der Waals surface area contributed by atoms with Gasteiger partial charge in [-0.05, 0) is 12.8 Å². The first-order chi connectivity index (χ1) is 10.6. The van der Waals surface area contributed by atoms with E-state index in [-0.39, 0.29) is 24.5 Å². The lowest BCUT2D eigenvalue weighted by molar-refractivity contribution is 0.244. The number of nitrogens with zero attached hydrogens (tertiary/aromatic N) is 5. The largest absolute Gasteiger partial charge is 0.396 e. The Morgan fingerprint density at radius 1 is 1.41 bits per heavy atom. The number of imidazole rings is 1. The number of hydrogen-bond acceptors (Lipinski definition) is 6. The van der Waals surface area contributed by atoms with E-state index in [0.29, 0.717) is 0 Å². The first kappa shape index (κ1) is 14.8. The van der Waals surface area contributed by atoms with Gasteiger partial charge in [-0.1, -0.05) is 19.1 Å². The molecule has 0 bridgehead atoms. The highest BCUT2D eigenvalue weighted by Crippen LogP contribution is 2.31. The van der Waals surface area contributed by atoms with Crippen molar-refractivity contribution in [2.75, 3.05) is 30.8 Å². The Bertz CT molecular complexity index is 695. The minimum atomic E-state index is 0.154. The Hall–Kier alpha value is -2.15. The van der Waals surface area contributed by atoms with Gasteiger partial charge in [0.15, 0.2) is 17.0 Å². The van der Waals surface area contributed by atoms with E-state index in [0.717, 1.165) is 36.4 Å². The number of aliphatic hydroxyl groups excluding tert-OH is 1. The van der Waals surface area contributed by atoms with E-state index in [4.69, 9.17) is 5.73 Å². The number of rotatable bonds is 5. The van der Waals surface area contributed by atoms with Gasteiger partial charge in [0.1, 0.15) is 0 Å². The molecule has 3 N–H and O–H groups in total. The molecule has 2 aromatic rings. The van der Waals surface area contributed by atoms with Crippen LogP contribution in [0.4, 0.5) is 11.8 Å². The molecule has 0 radical (unpaired) electrons. The SMILES string of the molecule is CCCN(C)c1nc(N)nc2c1ncn2[C@H]1C=C[C@@H](CO)C1. The molecule has 0 fully saturated rings. The number of anilines is 2. The first-order valence-corrected chi connectivity index (χ1v) is 7.64. The third-order valence-corrected chi connectivity index (χ3v) is 4.08. The van der Waals surface area contributed by atoms with Crippen LogP contribution in [0.1, 0.15) is 25.8 Å². The summed E-state index contributed by atoms with van der Waals surface area (Å²) < 4.78 is 2.02. The molecule has 0 saturated heterocycles. The molecule has 7 nitrogen and oxygen atoms in total. The fraction of sp³-hybridized carbons (Fsp3) is 0.533. The number of nitrogen functional groups attached to an aromatic ring is 1. The van der Waals surface area contributed by atoms with Gasteiger partial charge in [0.25, 0.3) is 0 Å². The number of aromatic nitrogens is 4. The van der Waals surface area contributed by atoms with E-state index < -0.39 is 0 Å². The highest BCUT2D eigenvalue weighted by atomic mass is 16.3. The van der Waals surface area contributed by atoms with Crippen LogP contribution >= 0.6 is 0 Å². The highest BCUT2D eigenvalue weighted by Gasteiger charge is 2.23. The second-order valence-electron chi connectivity index (χ2n) is 5.78. The van der Waals surface area contributed by atoms with Gasteiger partial charge in [-0.3, -0.25) is 0 Å². The van der Waals surface area contributed by atoms with Crippen molar-refractivity contribution in [3.05, 3.63) is 18.5 Å². The number of hydrogen-bond donors (Lipinski definition) is 2. The van der Waals surface area contributed by atoms with Gasteiger partial charge in [-0.2, -0.15) is 9.97 Å². The summed E-state index contributed by atoms with van der Waals surface area (Å²) in [6, 6.07) is 0.154. The summed E-state index contributed by atoms with van der Waals surface area (Å²) in [5.41, 5.74) is 7.41. The zero-order chi connectivity index (χ0) is 15.7. The number of fused-ring (bicyclic) bond motifs is 1. The molecule has 0 aliphatic heterocycles. The van der Waals surface area contributed by atoms with Crippen molar-refractivity contribution in [2.24, 2.45) is 5.92 Å². The Kier molecular flexibility index (Phi) is 3.98. The van der Waals surface area contributed by atoms with Crippen molar-refractivity contribution in [3.63, 3.8) is 0 Å². The van der Waals surface area contributed by atoms with Gasteiger partial charge >= 0.3 is 0 Å². The van der Waals surface area contributed by atoms with Crippen molar-refractivity contribution >= 4 is 22.9 Å². The lowest BCUT2D eigenvalue weighted by Gasteiger charge is -2.18. The fourth-order valence-corrected chi connectivity index (χ4v) is 2.96. The summed E-state index contributed by atoms with van der Waals surface area (Å²) >= 11 is 0. The lowest BCUT2D eigenvalue weighted by atomic mass is 10.1. The lowest BCUT2D eigenvalue weighted by Crippen LogP contribution is -2.20. The number of allylic oxidation sites excluding steroid dienone is 1. The molecule has 0 unspecified atom stereocenters. The highest BCUT2D eigenvalue weighted by molar-refractivity contribution is 5.84. The molecule has 2 heterocycles. The van der Waals surface area contributed by atoms with Crippen LogP contribution in [0.5, 0.6) is 0 Å². The van der Waals surface area contributed by atoms with E-state index in [1.54, 1.807) is 6.33 Å². The van der Waals surface area contributed by atoms with E-state index in [9.17, 15) is 5.11 Å². The predicted molar refractivity (Wildman–Crippen MR) is 86.7 cm³/mol. The van der Waals surface area contributed by atoms with Crippen LogP contribution in [0.2, 0.25) is 0 Å². The van der Waals surface area contributed by atoms with Gasteiger partial charge in [-0.25, -0.2) is 4.98 Å². The molecule has 3 rings (SSSR count). The molecule has 0 saturated carbocycles. The minimum absolute atomic E-state index is 0.154. The summed E-state index contributed by atoms with van der Waals surface area (Å²) in [5.74, 6) is 1.22. The van der Waals surface area contributed by atoms with Crippen molar-refractivity contribution < 1.29 is 5.11 Å². The van der Waals surface area contributed by atoms with Gasteiger partial charge < -0.3 is 20.3 Å². The van der Waals surface area contributed by atoms with Crippen LogP contribution in [0.3, 0.4) is 0 Å². The van der Waals surface area contributed by atoms with E-state index in [1.165, 1.54) is 0 Å². The summed E-state index contributed by atoms with van der Waals surface area (Å²) in [6.45, 7) is 3.17. The fourth-order valence-electron chi connectivity index (χ4n) is 2.96. The first-order valence-electron chi connectivity index (χ1n) is 7.64. The third-order valence-electron chi connectivity index (χ3n) is 4.08. The van der Waals surface area contributed by atoms with Crippen LogP contribution in [-0.4, -0.2) is 44.8 Å². The quantitative estimate of drug-likeness (QED) is 0.810. The normalized spacial score (nSPS) is 20.9. The molecule has 1 aliphatic rings. The maximum Gasteiger partial charge on any atom is 0.224 e. The van der Waals surface area contributed by atoms with E-state index >= 15 is 0 Å². The van der Waals surface area contributed by atoms with Crippen LogP contribution in [0, 0.1) is 5.92 Å². The van der Waals surface area contributed by atoms with Crippen molar-refractivity contribution in [3.8, 4) is 0 Å². The second-order valence-corrected chi connectivity index (χ2v) is 5.78. The van der Waals surface area contributed by atoms with E-state index in [1.807, 2.05) is 17.7 Å². The van der Waals surface area contributed by atoms with Crippen molar-refractivity contribution in [1.29, 1.82) is 0 Å². The average Bonchev–Trinajstić information content (AvgIpc) is 3.12. The molecule has 0 aromatic carbocycles. The van der Waals surface area contributed by atoms with Crippen LogP contribution in [0.15, 0.2) is 18.5 Å². The number of aliphatic hydroxyl groups is 1. The van der Waals surface area contributed by atoms with Crippen LogP contribution < -0.4 is 10.6 Å². The van der Waals surface area contributed by atoms with Crippen LogP contribution in [0.25, 0.3) is 11.2 Å². The molecule has 0 spiro atoms. The molecular formula is C15H22N6O. The molecule has 118 valence electrons. The smallest absolute Gasteiger partial charge is 0.224 e. The zero-order valence-electron chi connectivity index (χ0n) is 13.0. The molecule has 2 aromatic heterocycles. The predicted octanol–water partition coefficient (Wildman–Crippen LogP) is 1.36. The topological polar surface area (TPSA) is 93.1 Å². The van der Waals surface area contributed by atoms with Gasteiger partial charge in [0.2, 0.25) is 5.95 Å². The molecule has 22 heavy (non-hydrogen) atoms. The van der Waals surface area contributed by atoms with Gasteiger partial charge in [-0.15, -0.1) is 0 Å². The standard InChI is InChI=1S/C15H22N6O/c1-3-6-20(2)13-12-14(19-15(16)18-13)21(9-17-12)11-5-4-10(7-11)8-22/h4-5,9-11,22H,3,6-8H2,1-2H3,(H2,16,18,19)/t10-,11+/m1/s1. The Morgan fingerprint density at radius 3 is 2.91 bits per heavy atom. The summed E-state index contributed by atoms with van der Waals surface area (Å²) in [7, 11) is 1.99. The van der Waals surface area contributed by atoms with Crippen molar-refractivity contribution in [2.45, 2.75) is 25.8 Å². The number of nitrogens with two attached hydrogens (primary N) is 1. The molecule has 0 amide bonds. The summed E-state index contributed by atoms with van der Waals surface area (Å²) in [4.78, 5) is 15.3. The second kappa shape index (κ2) is 5.92. The summed E-state index contributed by atoms with van der Waals surface area (Å²) in [5, 5.41) is 9.29. The average molecular weight is 302 g/mol. The van der Waals surface area contributed by atoms with Gasteiger partial charge in [0.05, 0.1) is 12.4 Å². The Morgan fingerprint density at radius 2 is 2.23 bits per heavy atom. The van der Waals surface area contributed by atoms with Crippen molar-refractivity contribution in [1.82, 2.24) is 19.5 Å². The Labute approximate surface area is 129 Å². The maximum atomic E-state index is 9.29. The van der Waals surface area contributed by atoms with E-state index in [2.05, 4.69) is 32.9 Å². The van der Waals surface area contributed by atoms with Gasteiger partial charge in [0, 0.05) is 26.1 Å². The zero-order valence-corrected chi connectivity index (χ0v) is 13.0. The van der Waals surface area contributed by atoms with Crippen LogP contribution in [-0.2, 0) is 0 Å². The maximum absolute atomic E-state index is 9.29. The molecular weight excluding hydrogens is 280 g/mol. The minimum Gasteiger partial charge on any atom is -0.396 e.